The zero-order valence-corrected chi connectivity index (χ0v) is 18.9. The van der Waals surface area contributed by atoms with Crippen molar-refractivity contribution in [2.75, 3.05) is 18.4 Å². The number of carbonyl (C=O) groups is 1. The Kier molecular flexibility index (Phi) is 6.51. The van der Waals surface area contributed by atoms with Crippen LogP contribution in [0.25, 0.3) is 0 Å². The molecule has 2 aromatic heterocycles. The minimum absolute atomic E-state index is 0.272. The second-order valence-corrected chi connectivity index (χ2v) is 9.05. The van der Waals surface area contributed by atoms with Crippen molar-refractivity contribution in [1.82, 2.24) is 19.7 Å². The van der Waals surface area contributed by atoms with E-state index in [2.05, 4.69) is 32.4 Å². The number of nitrogens with one attached hydrogen (secondary N) is 1. The second kappa shape index (κ2) is 9.29. The van der Waals surface area contributed by atoms with E-state index in [1.54, 1.807) is 11.6 Å². The zero-order chi connectivity index (χ0) is 21.1. The number of halogens is 1. The number of aryl methyl sites for hydroxylation is 2. The topological polar surface area (TPSA) is 63.1 Å². The predicted molar refractivity (Wildman–Crippen MR) is 121 cm³/mol. The lowest BCUT2D eigenvalue weighted by Gasteiger charge is -2.25. The number of amides is 1. The van der Waals surface area contributed by atoms with Gasteiger partial charge in [-0.3, -0.25) is 15.0 Å². The van der Waals surface area contributed by atoms with Crippen LogP contribution in [-0.4, -0.2) is 38.7 Å². The third kappa shape index (κ3) is 4.91. The lowest BCUT2D eigenvalue weighted by molar-refractivity contribution is 0.102. The minimum atomic E-state index is -0.272. The Bertz CT molecular complexity index is 1020. The summed E-state index contributed by atoms with van der Waals surface area (Å²) in [7, 11) is 0. The molecule has 0 spiro atoms. The van der Waals surface area contributed by atoms with Gasteiger partial charge in [-0.05, 0) is 45.3 Å². The van der Waals surface area contributed by atoms with Crippen molar-refractivity contribution in [3.05, 3.63) is 62.9 Å². The highest BCUT2D eigenvalue weighted by molar-refractivity contribution is 7.14. The van der Waals surface area contributed by atoms with Crippen molar-refractivity contribution in [2.24, 2.45) is 0 Å². The molecule has 0 atom stereocenters. The highest BCUT2D eigenvalue weighted by Gasteiger charge is 2.22. The van der Waals surface area contributed by atoms with Crippen LogP contribution in [0, 0.1) is 13.8 Å². The molecule has 0 unspecified atom stereocenters. The van der Waals surface area contributed by atoms with Gasteiger partial charge in [0.1, 0.15) is 5.15 Å². The van der Waals surface area contributed by atoms with E-state index < -0.39 is 0 Å². The first kappa shape index (κ1) is 21.0. The van der Waals surface area contributed by atoms with Crippen LogP contribution in [0.15, 0.2) is 29.6 Å². The lowest BCUT2D eigenvalue weighted by Crippen LogP contribution is -2.29. The molecule has 0 saturated carbocycles. The SMILES string of the molecule is Cc1ccc(Cn2nc(C)c(C(=O)Nc3nc(CN4CCCCC4)cs3)c2Cl)cc1. The number of nitrogens with zero attached hydrogens (tertiary/aromatic N) is 4. The van der Waals surface area contributed by atoms with E-state index in [9.17, 15) is 4.79 Å². The quantitative estimate of drug-likeness (QED) is 0.588. The molecule has 0 aliphatic carbocycles. The Hall–Kier alpha value is -2.22. The highest BCUT2D eigenvalue weighted by Crippen LogP contribution is 2.24. The smallest absolute Gasteiger partial charge is 0.262 e. The van der Waals surface area contributed by atoms with E-state index >= 15 is 0 Å². The molecule has 8 heteroatoms. The van der Waals surface area contributed by atoms with E-state index in [1.807, 2.05) is 24.4 Å². The molecule has 1 amide bonds. The summed E-state index contributed by atoms with van der Waals surface area (Å²) in [5, 5.41) is 10.3. The predicted octanol–water partition coefficient (Wildman–Crippen LogP) is 4.90. The van der Waals surface area contributed by atoms with Crippen LogP contribution < -0.4 is 5.32 Å². The van der Waals surface area contributed by atoms with Gasteiger partial charge in [0.25, 0.3) is 5.91 Å². The maximum Gasteiger partial charge on any atom is 0.262 e. The van der Waals surface area contributed by atoms with E-state index in [0.717, 1.165) is 30.9 Å². The van der Waals surface area contributed by atoms with Gasteiger partial charge in [-0.15, -0.1) is 11.3 Å². The maximum absolute atomic E-state index is 12.9. The number of aromatic nitrogens is 3. The first-order valence-electron chi connectivity index (χ1n) is 10.3. The maximum atomic E-state index is 12.9. The third-order valence-electron chi connectivity index (χ3n) is 5.35. The number of rotatable bonds is 6. The number of benzene rings is 1. The molecule has 1 N–H and O–H groups in total. The van der Waals surface area contributed by atoms with Crippen molar-refractivity contribution >= 4 is 34.0 Å². The molecule has 3 heterocycles. The van der Waals surface area contributed by atoms with Crippen LogP contribution in [0.3, 0.4) is 0 Å². The molecule has 4 rings (SSSR count). The van der Waals surface area contributed by atoms with Gasteiger partial charge in [0.05, 0.1) is 23.5 Å². The van der Waals surface area contributed by atoms with Crippen molar-refractivity contribution in [1.29, 1.82) is 0 Å². The van der Waals surface area contributed by atoms with Crippen LogP contribution in [0.4, 0.5) is 5.13 Å². The molecule has 1 aliphatic heterocycles. The van der Waals surface area contributed by atoms with E-state index in [-0.39, 0.29) is 5.91 Å². The minimum Gasteiger partial charge on any atom is -0.298 e. The Balaban J connectivity index is 1.43. The molecule has 0 radical (unpaired) electrons. The summed E-state index contributed by atoms with van der Waals surface area (Å²) in [5.41, 5.74) is 4.28. The summed E-state index contributed by atoms with van der Waals surface area (Å²) in [5.74, 6) is -0.272. The van der Waals surface area contributed by atoms with Crippen LogP contribution in [-0.2, 0) is 13.1 Å². The fourth-order valence-corrected chi connectivity index (χ4v) is 4.74. The van der Waals surface area contributed by atoms with Crippen LogP contribution in [0.2, 0.25) is 5.15 Å². The highest BCUT2D eigenvalue weighted by atomic mass is 35.5. The number of hydrogen-bond donors (Lipinski definition) is 1. The molecule has 1 aliphatic rings. The summed E-state index contributed by atoms with van der Waals surface area (Å²) < 4.78 is 1.67. The van der Waals surface area contributed by atoms with Gasteiger partial charge in [0.2, 0.25) is 0 Å². The Morgan fingerprint density at radius 1 is 1.13 bits per heavy atom. The number of hydrogen-bond acceptors (Lipinski definition) is 5. The van der Waals surface area contributed by atoms with Gasteiger partial charge in [0, 0.05) is 11.9 Å². The zero-order valence-electron chi connectivity index (χ0n) is 17.3. The summed E-state index contributed by atoms with van der Waals surface area (Å²) in [4.78, 5) is 19.9. The fraction of sp³-hybridized carbons (Fsp3) is 0.409. The molecule has 6 nitrogen and oxygen atoms in total. The second-order valence-electron chi connectivity index (χ2n) is 7.83. The molecule has 1 saturated heterocycles. The molecule has 0 bridgehead atoms. The summed E-state index contributed by atoms with van der Waals surface area (Å²) in [6, 6.07) is 8.19. The van der Waals surface area contributed by atoms with Gasteiger partial charge < -0.3 is 0 Å². The first-order valence-corrected chi connectivity index (χ1v) is 11.5. The van der Waals surface area contributed by atoms with Gasteiger partial charge in [-0.1, -0.05) is 47.9 Å². The summed E-state index contributed by atoms with van der Waals surface area (Å²) >= 11 is 7.97. The van der Waals surface area contributed by atoms with Crippen LogP contribution >= 0.6 is 22.9 Å². The average molecular weight is 444 g/mol. The Labute approximate surface area is 185 Å². The number of thiazole rings is 1. The number of likely N-dealkylation sites (tertiary alicyclic amines) is 1. The summed E-state index contributed by atoms with van der Waals surface area (Å²) in [6.45, 7) is 7.44. The normalized spacial score (nSPS) is 14.8. The van der Waals surface area contributed by atoms with Crippen molar-refractivity contribution in [3.63, 3.8) is 0 Å². The monoisotopic (exact) mass is 443 g/mol. The van der Waals surface area contributed by atoms with Crippen molar-refractivity contribution in [3.8, 4) is 0 Å². The molecular weight excluding hydrogens is 418 g/mol. The molecule has 1 fully saturated rings. The summed E-state index contributed by atoms with van der Waals surface area (Å²) in [6.07, 6.45) is 3.81. The number of piperidine rings is 1. The number of anilines is 1. The lowest BCUT2D eigenvalue weighted by atomic mass is 10.1. The van der Waals surface area contributed by atoms with Gasteiger partial charge in [-0.2, -0.15) is 5.10 Å². The van der Waals surface area contributed by atoms with Gasteiger partial charge >= 0.3 is 0 Å². The first-order chi connectivity index (χ1) is 14.5. The standard InChI is InChI=1S/C22H26ClN5OS/c1-15-6-8-17(9-7-15)12-28-20(23)19(16(2)26-28)21(29)25-22-24-18(14-30-22)13-27-10-4-3-5-11-27/h6-9,14H,3-5,10-13H2,1-2H3,(H,24,25,29). The van der Waals surface area contributed by atoms with Gasteiger partial charge in [0.15, 0.2) is 5.13 Å². The molecule has 158 valence electrons. The van der Waals surface area contributed by atoms with E-state index in [4.69, 9.17) is 11.6 Å². The molecule has 1 aromatic carbocycles. The largest absolute Gasteiger partial charge is 0.298 e. The van der Waals surface area contributed by atoms with Crippen molar-refractivity contribution in [2.45, 2.75) is 46.2 Å². The van der Waals surface area contributed by atoms with Gasteiger partial charge in [-0.25, -0.2) is 9.67 Å². The van der Waals surface area contributed by atoms with E-state index in [1.165, 1.54) is 36.2 Å². The van der Waals surface area contributed by atoms with Crippen LogP contribution in [0.1, 0.15) is 52.1 Å². The fourth-order valence-electron chi connectivity index (χ4n) is 3.73. The average Bonchev–Trinajstić information content (AvgIpc) is 3.27. The molecule has 30 heavy (non-hydrogen) atoms. The molecular formula is C22H26ClN5OS. The van der Waals surface area contributed by atoms with E-state index in [0.29, 0.717) is 28.1 Å². The third-order valence-corrected chi connectivity index (χ3v) is 6.54. The Morgan fingerprint density at radius 3 is 2.60 bits per heavy atom. The molecule has 3 aromatic rings. The van der Waals surface area contributed by atoms with Crippen LogP contribution in [0.5, 0.6) is 0 Å². The number of carbonyl (C=O) groups excluding carboxylic acids is 1. The van der Waals surface area contributed by atoms with Crippen molar-refractivity contribution < 1.29 is 4.79 Å². The Morgan fingerprint density at radius 2 is 1.87 bits per heavy atom.